The van der Waals surface area contributed by atoms with E-state index in [2.05, 4.69) is 16.6 Å². The summed E-state index contributed by atoms with van der Waals surface area (Å²) in [6.07, 6.45) is -3.73. The summed E-state index contributed by atoms with van der Waals surface area (Å²) in [4.78, 5) is 27.2. The van der Waals surface area contributed by atoms with Gasteiger partial charge in [-0.25, -0.2) is 4.98 Å². The van der Waals surface area contributed by atoms with Crippen LogP contribution in [0.4, 0.5) is 13.2 Å². The minimum Gasteiger partial charge on any atom is -0.455 e. The Morgan fingerprint density at radius 3 is 2.54 bits per heavy atom. The maximum Gasteiger partial charge on any atom is 0.405 e. The molecule has 0 fully saturated rings. The van der Waals surface area contributed by atoms with Crippen LogP contribution < -0.4 is 5.32 Å². The average Bonchev–Trinajstić information content (AvgIpc) is 3.06. The van der Waals surface area contributed by atoms with E-state index in [1.807, 2.05) is 24.3 Å². The molecule has 1 heterocycles. The fourth-order valence-electron chi connectivity index (χ4n) is 2.00. The largest absolute Gasteiger partial charge is 0.455 e. The lowest BCUT2D eigenvalue weighted by atomic mass is 10.1. The zero-order valence-electron chi connectivity index (χ0n) is 13.9. The first-order valence-corrected chi connectivity index (χ1v) is 8.67. The highest BCUT2D eigenvalue weighted by Gasteiger charge is 2.27. The van der Waals surface area contributed by atoms with Crippen LogP contribution >= 0.6 is 11.3 Å². The van der Waals surface area contributed by atoms with Crippen molar-refractivity contribution in [1.82, 2.24) is 10.3 Å². The van der Waals surface area contributed by atoms with Gasteiger partial charge in [-0.05, 0) is 12.0 Å². The van der Waals surface area contributed by atoms with Crippen LogP contribution in [0.5, 0.6) is 0 Å². The molecule has 9 heteroatoms. The first-order chi connectivity index (χ1) is 12.3. The number of esters is 1. The molecule has 0 aliphatic rings. The Bertz CT molecular complexity index is 757. The Hall–Kier alpha value is -2.42. The van der Waals surface area contributed by atoms with Gasteiger partial charge in [0.1, 0.15) is 11.6 Å². The van der Waals surface area contributed by atoms with Gasteiger partial charge in [0.15, 0.2) is 6.61 Å². The number of hydrogen-bond donors (Lipinski definition) is 1. The number of carbonyl (C=O) groups excluding carboxylic acids is 2. The van der Waals surface area contributed by atoms with Crippen molar-refractivity contribution in [3.05, 3.63) is 40.9 Å². The normalized spacial score (nSPS) is 11.2. The van der Waals surface area contributed by atoms with Gasteiger partial charge < -0.3 is 10.1 Å². The quantitative estimate of drug-likeness (QED) is 0.743. The number of amides is 1. The Morgan fingerprint density at radius 1 is 1.23 bits per heavy atom. The maximum absolute atomic E-state index is 12.0. The SMILES string of the molecule is CCc1ccc(-c2nc(CC(=O)OCC(=O)NCC(F)(F)F)cs2)cc1. The third-order valence-electron chi connectivity index (χ3n) is 3.34. The molecule has 26 heavy (non-hydrogen) atoms. The van der Waals surface area contributed by atoms with E-state index in [0.29, 0.717) is 5.69 Å². The van der Waals surface area contributed by atoms with Crippen molar-refractivity contribution >= 4 is 23.2 Å². The zero-order valence-corrected chi connectivity index (χ0v) is 14.7. The lowest BCUT2D eigenvalue weighted by Crippen LogP contribution is -2.36. The highest BCUT2D eigenvalue weighted by molar-refractivity contribution is 7.13. The van der Waals surface area contributed by atoms with Crippen LogP contribution in [0, 0.1) is 0 Å². The molecule has 0 spiro atoms. The van der Waals surface area contributed by atoms with Crippen molar-refractivity contribution in [1.29, 1.82) is 0 Å². The second-order valence-electron chi connectivity index (χ2n) is 5.42. The number of ether oxygens (including phenoxy) is 1. The van der Waals surface area contributed by atoms with Crippen molar-refractivity contribution < 1.29 is 27.5 Å². The summed E-state index contributed by atoms with van der Waals surface area (Å²) in [7, 11) is 0. The van der Waals surface area contributed by atoms with E-state index in [-0.39, 0.29) is 6.42 Å². The number of halogens is 3. The second kappa shape index (κ2) is 8.79. The predicted molar refractivity (Wildman–Crippen MR) is 90.7 cm³/mol. The molecular weight excluding hydrogens is 369 g/mol. The fourth-order valence-corrected chi connectivity index (χ4v) is 2.82. The predicted octanol–water partition coefficient (Wildman–Crippen LogP) is 3.14. The summed E-state index contributed by atoms with van der Waals surface area (Å²) in [6.45, 7) is -0.161. The summed E-state index contributed by atoms with van der Waals surface area (Å²) >= 11 is 1.37. The Morgan fingerprint density at radius 2 is 1.92 bits per heavy atom. The van der Waals surface area contributed by atoms with Gasteiger partial charge in [-0.15, -0.1) is 11.3 Å². The van der Waals surface area contributed by atoms with Crippen LogP contribution in [-0.2, 0) is 27.2 Å². The first-order valence-electron chi connectivity index (χ1n) is 7.79. The van der Waals surface area contributed by atoms with Crippen molar-refractivity contribution in [3.63, 3.8) is 0 Å². The van der Waals surface area contributed by atoms with Gasteiger partial charge in [0.05, 0.1) is 12.1 Å². The van der Waals surface area contributed by atoms with Crippen LogP contribution in [0.2, 0.25) is 0 Å². The summed E-state index contributed by atoms with van der Waals surface area (Å²) < 4.78 is 40.5. The van der Waals surface area contributed by atoms with Crippen molar-refractivity contribution in [2.45, 2.75) is 25.9 Å². The number of thiazole rings is 1. The molecule has 0 aliphatic heterocycles. The Kier molecular flexibility index (Phi) is 6.73. The molecule has 0 aliphatic carbocycles. The van der Waals surface area contributed by atoms with Crippen molar-refractivity contribution in [3.8, 4) is 10.6 Å². The van der Waals surface area contributed by atoms with Gasteiger partial charge in [0, 0.05) is 10.9 Å². The third-order valence-corrected chi connectivity index (χ3v) is 4.28. The molecule has 0 bridgehead atoms. The molecule has 1 amide bonds. The maximum atomic E-state index is 12.0. The van der Waals surface area contributed by atoms with E-state index in [0.717, 1.165) is 17.0 Å². The standard InChI is InChI=1S/C17H17F3N2O3S/c1-2-11-3-5-12(6-4-11)16-22-13(9-26-16)7-15(24)25-8-14(23)21-10-17(18,19)20/h3-6,9H,2,7-8,10H2,1H3,(H,21,23). The number of aromatic nitrogens is 1. The molecule has 1 N–H and O–H groups in total. The average molecular weight is 386 g/mol. The smallest absolute Gasteiger partial charge is 0.405 e. The summed E-state index contributed by atoms with van der Waals surface area (Å²) in [6, 6.07) is 7.91. The number of alkyl halides is 3. The number of nitrogens with zero attached hydrogens (tertiary/aromatic N) is 1. The fraction of sp³-hybridized carbons (Fsp3) is 0.353. The Balaban J connectivity index is 1.82. The molecule has 0 saturated heterocycles. The molecule has 140 valence electrons. The van der Waals surface area contributed by atoms with E-state index in [1.165, 1.54) is 16.9 Å². The number of nitrogens with one attached hydrogen (secondary N) is 1. The molecule has 0 unspecified atom stereocenters. The minimum absolute atomic E-state index is 0.157. The number of hydrogen-bond acceptors (Lipinski definition) is 5. The summed E-state index contributed by atoms with van der Waals surface area (Å²) in [5.74, 6) is -1.74. The summed E-state index contributed by atoms with van der Waals surface area (Å²) in [5.41, 5.74) is 2.61. The number of rotatable bonds is 7. The highest BCUT2D eigenvalue weighted by atomic mass is 32.1. The molecule has 1 aromatic heterocycles. The van der Waals surface area contributed by atoms with Gasteiger partial charge in [-0.1, -0.05) is 31.2 Å². The second-order valence-corrected chi connectivity index (χ2v) is 6.28. The number of benzene rings is 1. The molecular formula is C17H17F3N2O3S. The summed E-state index contributed by atoms with van der Waals surface area (Å²) in [5, 5.41) is 4.07. The van der Waals surface area contributed by atoms with E-state index in [1.54, 1.807) is 10.7 Å². The van der Waals surface area contributed by atoms with Crippen LogP contribution in [0.3, 0.4) is 0 Å². The molecule has 5 nitrogen and oxygen atoms in total. The highest BCUT2D eigenvalue weighted by Crippen LogP contribution is 2.24. The molecule has 2 aromatic rings. The van der Waals surface area contributed by atoms with E-state index >= 15 is 0 Å². The number of aryl methyl sites for hydroxylation is 1. The molecule has 2 rings (SSSR count). The van der Waals surface area contributed by atoms with Gasteiger partial charge in [-0.3, -0.25) is 9.59 Å². The number of carbonyl (C=O) groups is 2. The van der Waals surface area contributed by atoms with Gasteiger partial charge >= 0.3 is 12.1 Å². The lowest BCUT2D eigenvalue weighted by Gasteiger charge is -2.08. The first kappa shape index (κ1) is 19.9. The lowest BCUT2D eigenvalue weighted by molar-refractivity contribution is -0.150. The molecule has 0 radical (unpaired) electrons. The minimum atomic E-state index is -4.51. The van der Waals surface area contributed by atoms with Crippen LogP contribution in [0.15, 0.2) is 29.6 Å². The van der Waals surface area contributed by atoms with Crippen LogP contribution in [0.1, 0.15) is 18.2 Å². The van der Waals surface area contributed by atoms with E-state index in [9.17, 15) is 22.8 Å². The molecule has 0 atom stereocenters. The molecule has 0 saturated carbocycles. The zero-order chi connectivity index (χ0) is 19.2. The topological polar surface area (TPSA) is 68.3 Å². The monoisotopic (exact) mass is 386 g/mol. The van der Waals surface area contributed by atoms with Gasteiger partial charge in [0.2, 0.25) is 0 Å². The van der Waals surface area contributed by atoms with Crippen LogP contribution in [0.25, 0.3) is 10.6 Å². The van der Waals surface area contributed by atoms with Gasteiger partial charge in [-0.2, -0.15) is 13.2 Å². The Labute approximate surface area is 152 Å². The third kappa shape index (κ3) is 6.47. The van der Waals surface area contributed by atoms with Crippen LogP contribution in [-0.4, -0.2) is 36.2 Å². The van der Waals surface area contributed by atoms with E-state index < -0.39 is 31.2 Å². The van der Waals surface area contributed by atoms with Gasteiger partial charge in [0.25, 0.3) is 5.91 Å². The van der Waals surface area contributed by atoms with Crippen molar-refractivity contribution in [2.75, 3.05) is 13.2 Å². The van der Waals surface area contributed by atoms with E-state index in [4.69, 9.17) is 0 Å². The molecule has 1 aromatic carbocycles. The van der Waals surface area contributed by atoms with Crippen molar-refractivity contribution in [2.24, 2.45) is 0 Å².